The minimum absolute atomic E-state index is 0.0184. The second-order valence-corrected chi connectivity index (χ2v) is 4.91. The van der Waals surface area contributed by atoms with E-state index in [0.29, 0.717) is 0 Å². The van der Waals surface area contributed by atoms with Crippen LogP contribution < -0.4 is 0 Å². The molecule has 0 saturated heterocycles. The van der Waals surface area contributed by atoms with Crippen LogP contribution in [0.2, 0.25) is 0 Å². The highest BCUT2D eigenvalue weighted by atomic mass is 127. The quantitative estimate of drug-likeness (QED) is 0.486. The maximum Gasteiger partial charge on any atom is 0.309 e. The second kappa shape index (κ2) is 2.37. The van der Waals surface area contributed by atoms with Gasteiger partial charge in [0.25, 0.3) is 5.16 Å². The summed E-state index contributed by atoms with van der Waals surface area (Å²) in [5.41, 5.74) is 0. The topological polar surface area (TPSA) is 54.5 Å². The number of halogens is 3. The van der Waals surface area contributed by atoms with Crippen LogP contribution in [0.4, 0.5) is 8.78 Å². The number of carbonyl (C=O) groups excluding carboxylic acids is 1. The summed E-state index contributed by atoms with van der Waals surface area (Å²) >= 11 is 1.01. The number of rotatable bonds is 0. The van der Waals surface area contributed by atoms with E-state index in [-0.39, 0.29) is 2.52 Å². The largest absolute Gasteiger partial charge is 0.309 e. The van der Waals surface area contributed by atoms with E-state index in [4.69, 9.17) is 0 Å². The molecule has 0 aromatic rings. The first kappa shape index (κ1) is 8.84. The molecule has 0 fully saturated rings. The van der Waals surface area contributed by atoms with Gasteiger partial charge >= 0.3 is 15.9 Å². The molecule has 1 rings (SSSR count). The number of amides is 1. The maximum atomic E-state index is 12.2. The Balaban J connectivity index is 3.40. The van der Waals surface area contributed by atoms with Crippen molar-refractivity contribution < 1.29 is 22.0 Å². The van der Waals surface area contributed by atoms with Crippen LogP contribution in [0.1, 0.15) is 0 Å². The highest BCUT2D eigenvalue weighted by Gasteiger charge is 2.44. The van der Waals surface area contributed by atoms with Crippen molar-refractivity contribution in [1.29, 1.82) is 0 Å². The van der Waals surface area contributed by atoms with Crippen LogP contribution in [0, 0.1) is 0 Å². The van der Waals surface area contributed by atoms with Crippen molar-refractivity contribution in [2.45, 2.75) is 0 Å². The molecule has 0 aromatic carbocycles. The number of sulfonamides is 1. The van der Waals surface area contributed by atoms with Gasteiger partial charge in [0.2, 0.25) is 5.83 Å². The van der Waals surface area contributed by atoms with Gasteiger partial charge in [0, 0.05) is 0 Å². The lowest BCUT2D eigenvalue weighted by Gasteiger charge is -2.01. The lowest BCUT2D eigenvalue weighted by Crippen LogP contribution is -2.19. The molecular weight excluding hydrogens is 295 g/mol. The lowest BCUT2D eigenvalue weighted by molar-refractivity contribution is -0.119. The van der Waals surface area contributed by atoms with Crippen molar-refractivity contribution in [3.63, 3.8) is 0 Å². The van der Waals surface area contributed by atoms with Crippen molar-refractivity contribution in [3.8, 4) is 0 Å². The molecular formula is C3F2INO3S. The van der Waals surface area contributed by atoms with E-state index in [1.807, 2.05) is 0 Å². The Morgan fingerprint density at radius 3 is 1.91 bits per heavy atom. The van der Waals surface area contributed by atoms with Gasteiger partial charge < -0.3 is 0 Å². The maximum absolute atomic E-state index is 12.2. The molecule has 11 heavy (non-hydrogen) atoms. The van der Waals surface area contributed by atoms with E-state index in [1.54, 1.807) is 0 Å². The normalized spacial score (nSPS) is 23.2. The van der Waals surface area contributed by atoms with Gasteiger partial charge in [-0.25, -0.2) is 0 Å². The average molecular weight is 295 g/mol. The molecule has 62 valence electrons. The zero-order valence-corrected chi connectivity index (χ0v) is 7.69. The zero-order valence-electron chi connectivity index (χ0n) is 4.71. The minimum atomic E-state index is -4.49. The summed E-state index contributed by atoms with van der Waals surface area (Å²) in [6.45, 7) is 0. The average Bonchev–Trinajstić information content (AvgIpc) is 2.06. The first-order valence-corrected chi connectivity index (χ1v) is 4.60. The Morgan fingerprint density at radius 2 is 1.82 bits per heavy atom. The molecule has 0 spiro atoms. The van der Waals surface area contributed by atoms with Crippen LogP contribution in [0.3, 0.4) is 0 Å². The molecule has 0 N–H and O–H groups in total. The van der Waals surface area contributed by atoms with Gasteiger partial charge in [0.15, 0.2) is 0 Å². The third-order valence-electron chi connectivity index (χ3n) is 0.958. The fraction of sp³-hybridized carbons (Fsp3) is 0. The Labute approximate surface area is 74.4 Å². The molecule has 0 aliphatic carbocycles. The summed E-state index contributed by atoms with van der Waals surface area (Å²) in [5, 5.41) is -2.02. The van der Waals surface area contributed by atoms with Crippen molar-refractivity contribution in [3.05, 3.63) is 11.0 Å². The standard InChI is InChI=1S/C3F2INO3S/c4-1-2(5)11(9,10)7(6)3(1)8. The van der Waals surface area contributed by atoms with Gasteiger partial charge in [-0.05, 0) is 0 Å². The Morgan fingerprint density at radius 1 is 1.36 bits per heavy atom. The zero-order chi connectivity index (χ0) is 8.81. The van der Waals surface area contributed by atoms with Gasteiger partial charge in [0.1, 0.15) is 0 Å². The van der Waals surface area contributed by atoms with Crippen LogP contribution in [0.15, 0.2) is 11.0 Å². The highest BCUT2D eigenvalue weighted by molar-refractivity contribution is 14.1. The second-order valence-electron chi connectivity index (χ2n) is 1.61. The van der Waals surface area contributed by atoms with E-state index < -0.39 is 26.9 Å². The summed E-state index contributed by atoms with van der Waals surface area (Å²) in [7, 11) is -4.49. The third-order valence-corrected chi connectivity index (χ3v) is 4.17. The van der Waals surface area contributed by atoms with Crippen molar-refractivity contribution in [1.82, 2.24) is 2.52 Å². The summed E-state index contributed by atoms with van der Waals surface area (Å²) in [5.74, 6) is -3.34. The number of hydrogen-bond acceptors (Lipinski definition) is 3. The van der Waals surface area contributed by atoms with Gasteiger partial charge in [-0.1, -0.05) is 0 Å². The summed E-state index contributed by atoms with van der Waals surface area (Å²) in [4.78, 5) is 10.4. The summed E-state index contributed by atoms with van der Waals surface area (Å²) in [6, 6.07) is 0. The van der Waals surface area contributed by atoms with Gasteiger partial charge in [0.05, 0.1) is 22.9 Å². The van der Waals surface area contributed by atoms with Crippen LogP contribution >= 0.6 is 22.9 Å². The molecule has 8 heteroatoms. The van der Waals surface area contributed by atoms with Crippen LogP contribution in [-0.4, -0.2) is 16.8 Å². The van der Waals surface area contributed by atoms with E-state index in [0.717, 1.165) is 22.9 Å². The molecule has 1 aliphatic rings. The van der Waals surface area contributed by atoms with Gasteiger partial charge in [-0.15, -0.1) is 0 Å². The van der Waals surface area contributed by atoms with E-state index in [9.17, 15) is 22.0 Å². The summed E-state index contributed by atoms with van der Waals surface area (Å²) < 4.78 is 45.5. The molecule has 0 saturated carbocycles. The van der Waals surface area contributed by atoms with E-state index in [1.165, 1.54) is 0 Å². The molecule has 0 aromatic heterocycles. The predicted molar refractivity (Wildman–Crippen MR) is 39.0 cm³/mol. The molecule has 0 radical (unpaired) electrons. The minimum Gasteiger partial charge on any atom is -0.264 e. The first-order valence-electron chi connectivity index (χ1n) is 2.19. The van der Waals surface area contributed by atoms with Gasteiger partial charge in [-0.2, -0.15) is 19.7 Å². The monoisotopic (exact) mass is 295 g/mol. The molecule has 0 unspecified atom stereocenters. The molecule has 0 bridgehead atoms. The molecule has 1 aliphatic heterocycles. The molecule has 1 heterocycles. The Hall–Kier alpha value is -0.250. The molecule has 4 nitrogen and oxygen atoms in total. The smallest absolute Gasteiger partial charge is 0.264 e. The molecule has 0 atom stereocenters. The Bertz CT molecular complexity index is 348. The third kappa shape index (κ3) is 1.04. The predicted octanol–water partition coefficient (Wildman–Crippen LogP) is 0.617. The number of hydrogen-bond donors (Lipinski definition) is 0. The van der Waals surface area contributed by atoms with Crippen LogP contribution in [-0.2, 0) is 14.8 Å². The SMILES string of the molecule is O=C1C(F)=C(F)S(=O)(=O)N1I. The van der Waals surface area contributed by atoms with Gasteiger partial charge in [-0.3, -0.25) is 4.79 Å². The van der Waals surface area contributed by atoms with Crippen molar-refractivity contribution in [2.75, 3.05) is 0 Å². The Kier molecular flexibility index (Phi) is 1.90. The first-order chi connectivity index (χ1) is 4.89. The fourth-order valence-corrected chi connectivity index (χ4v) is 1.94. The number of carbonyl (C=O) groups is 1. The lowest BCUT2D eigenvalue weighted by atomic mass is 10.6. The van der Waals surface area contributed by atoms with Crippen molar-refractivity contribution >= 4 is 38.8 Å². The number of nitrogens with zero attached hydrogens (tertiary/aromatic N) is 1. The highest BCUT2D eigenvalue weighted by Crippen LogP contribution is 2.31. The van der Waals surface area contributed by atoms with E-state index in [2.05, 4.69) is 0 Å². The van der Waals surface area contributed by atoms with Crippen LogP contribution in [0.5, 0.6) is 0 Å². The summed E-state index contributed by atoms with van der Waals surface area (Å²) in [6.07, 6.45) is 0. The fourth-order valence-electron chi connectivity index (χ4n) is 0.454. The molecule has 1 amide bonds. The van der Waals surface area contributed by atoms with Crippen molar-refractivity contribution in [2.24, 2.45) is 0 Å². The van der Waals surface area contributed by atoms with Crippen LogP contribution in [0.25, 0.3) is 0 Å². The van der Waals surface area contributed by atoms with E-state index >= 15 is 0 Å².